The Bertz CT molecular complexity index is 720. The van der Waals surface area contributed by atoms with Gasteiger partial charge >= 0.3 is 6.09 Å². The summed E-state index contributed by atoms with van der Waals surface area (Å²) in [5.41, 5.74) is 1.51. The number of hydrogen-bond donors (Lipinski definition) is 0. The van der Waals surface area contributed by atoms with Gasteiger partial charge in [-0.25, -0.2) is 4.79 Å². The first-order valence-electron chi connectivity index (χ1n) is 10.0. The highest BCUT2D eigenvalue weighted by Gasteiger charge is 2.53. The van der Waals surface area contributed by atoms with E-state index in [9.17, 15) is 9.59 Å². The average molecular weight is 370 g/mol. The molecule has 5 nitrogen and oxygen atoms in total. The highest BCUT2D eigenvalue weighted by Crippen LogP contribution is 2.56. The Balaban J connectivity index is 1.29. The summed E-state index contributed by atoms with van der Waals surface area (Å²) >= 11 is 0. The standard InChI is InChI=1S/C22H30N2O3/c1-21(23(2)20(26)27-3)11-18(12-21)19(25)24-10-9-22(15-24)13-17(14-22)16-7-5-4-6-8-16/h4-8,17-18H,9-15H2,1-3H3. The number of amides is 2. The number of likely N-dealkylation sites (tertiary alicyclic amines) is 1. The SMILES string of the molecule is COC(=O)N(C)C1(C)CC(C(=O)N2CCC3(CC(c4ccccc4)C3)C2)C1. The van der Waals surface area contributed by atoms with Gasteiger partial charge in [-0.2, -0.15) is 0 Å². The average Bonchev–Trinajstić information content (AvgIpc) is 3.09. The van der Waals surface area contributed by atoms with Crippen LogP contribution in [-0.4, -0.2) is 54.6 Å². The molecule has 3 aliphatic rings. The second-order valence-electron chi connectivity index (χ2n) is 9.16. The van der Waals surface area contributed by atoms with Crippen molar-refractivity contribution in [1.29, 1.82) is 0 Å². The molecule has 1 aromatic carbocycles. The summed E-state index contributed by atoms with van der Waals surface area (Å²) in [5, 5.41) is 0. The summed E-state index contributed by atoms with van der Waals surface area (Å²) in [5.74, 6) is 0.981. The number of benzene rings is 1. The monoisotopic (exact) mass is 370 g/mol. The number of carbonyl (C=O) groups excluding carboxylic acids is 2. The first-order chi connectivity index (χ1) is 12.9. The molecule has 1 aromatic rings. The molecule has 3 fully saturated rings. The summed E-state index contributed by atoms with van der Waals surface area (Å²) in [4.78, 5) is 28.4. The molecule has 5 heteroatoms. The van der Waals surface area contributed by atoms with Crippen molar-refractivity contribution in [2.75, 3.05) is 27.2 Å². The smallest absolute Gasteiger partial charge is 0.409 e. The van der Waals surface area contributed by atoms with Crippen LogP contribution in [0.1, 0.15) is 50.5 Å². The van der Waals surface area contributed by atoms with Gasteiger partial charge in [-0.1, -0.05) is 30.3 Å². The van der Waals surface area contributed by atoms with Crippen LogP contribution in [0, 0.1) is 11.3 Å². The maximum atomic E-state index is 12.9. The van der Waals surface area contributed by atoms with Gasteiger partial charge < -0.3 is 14.5 Å². The highest BCUT2D eigenvalue weighted by molar-refractivity contribution is 5.81. The fraction of sp³-hybridized carbons (Fsp3) is 0.636. The molecule has 1 aliphatic heterocycles. The van der Waals surface area contributed by atoms with Crippen LogP contribution in [0.5, 0.6) is 0 Å². The molecule has 0 unspecified atom stereocenters. The minimum Gasteiger partial charge on any atom is -0.453 e. The van der Waals surface area contributed by atoms with E-state index in [-0.39, 0.29) is 23.5 Å². The molecule has 2 aliphatic carbocycles. The molecule has 0 atom stereocenters. The lowest BCUT2D eigenvalue weighted by Crippen LogP contribution is -2.59. The molecule has 27 heavy (non-hydrogen) atoms. The van der Waals surface area contributed by atoms with E-state index >= 15 is 0 Å². The molecule has 146 valence electrons. The van der Waals surface area contributed by atoms with Gasteiger partial charge in [-0.05, 0) is 55.9 Å². The second-order valence-corrected chi connectivity index (χ2v) is 9.16. The van der Waals surface area contributed by atoms with Crippen LogP contribution in [0.4, 0.5) is 4.79 Å². The molecule has 1 spiro atoms. The number of rotatable bonds is 3. The third-order valence-electron chi connectivity index (χ3n) is 7.36. The van der Waals surface area contributed by atoms with Crippen molar-refractivity contribution in [2.24, 2.45) is 11.3 Å². The van der Waals surface area contributed by atoms with Crippen molar-refractivity contribution < 1.29 is 14.3 Å². The van der Waals surface area contributed by atoms with Crippen LogP contribution in [0.15, 0.2) is 30.3 Å². The van der Waals surface area contributed by atoms with Crippen LogP contribution in [0.25, 0.3) is 0 Å². The van der Waals surface area contributed by atoms with Gasteiger partial charge in [0.25, 0.3) is 0 Å². The lowest BCUT2D eigenvalue weighted by Gasteiger charge is -2.50. The molecule has 0 radical (unpaired) electrons. The Morgan fingerprint density at radius 2 is 1.81 bits per heavy atom. The topological polar surface area (TPSA) is 49.9 Å². The number of methoxy groups -OCH3 is 1. The Morgan fingerprint density at radius 3 is 2.44 bits per heavy atom. The van der Waals surface area contributed by atoms with Crippen molar-refractivity contribution in [3.8, 4) is 0 Å². The Kier molecular flexibility index (Phi) is 4.44. The Morgan fingerprint density at radius 1 is 1.15 bits per heavy atom. The normalized spacial score (nSPS) is 34.7. The minimum absolute atomic E-state index is 0.0438. The Labute approximate surface area is 161 Å². The van der Waals surface area contributed by atoms with Gasteiger partial charge in [-0.15, -0.1) is 0 Å². The molecule has 2 amide bonds. The fourth-order valence-corrected chi connectivity index (χ4v) is 5.47. The van der Waals surface area contributed by atoms with Gasteiger partial charge in [0.1, 0.15) is 0 Å². The van der Waals surface area contributed by atoms with E-state index in [1.165, 1.54) is 25.5 Å². The molecular formula is C22H30N2O3. The summed E-state index contributed by atoms with van der Waals surface area (Å²) in [6.07, 6.45) is 4.67. The van der Waals surface area contributed by atoms with Crippen molar-refractivity contribution >= 4 is 12.0 Å². The van der Waals surface area contributed by atoms with Gasteiger partial charge in [0, 0.05) is 31.6 Å². The first kappa shape index (κ1) is 18.3. The number of nitrogens with zero attached hydrogens (tertiary/aromatic N) is 2. The van der Waals surface area contributed by atoms with E-state index in [4.69, 9.17) is 4.74 Å². The van der Waals surface area contributed by atoms with E-state index in [0.717, 1.165) is 32.4 Å². The van der Waals surface area contributed by atoms with E-state index < -0.39 is 0 Å². The zero-order valence-corrected chi connectivity index (χ0v) is 16.6. The molecule has 4 rings (SSSR count). The quantitative estimate of drug-likeness (QED) is 0.816. The van der Waals surface area contributed by atoms with Gasteiger partial charge in [0.15, 0.2) is 0 Å². The maximum absolute atomic E-state index is 12.9. The fourth-order valence-electron chi connectivity index (χ4n) is 5.47. The predicted molar refractivity (Wildman–Crippen MR) is 103 cm³/mol. The maximum Gasteiger partial charge on any atom is 0.409 e. The molecule has 0 aromatic heterocycles. The van der Waals surface area contributed by atoms with Gasteiger partial charge in [0.2, 0.25) is 5.91 Å². The van der Waals surface area contributed by atoms with Crippen LogP contribution in [-0.2, 0) is 9.53 Å². The molecule has 2 saturated carbocycles. The molecule has 0 bridgehead atoms. The highest BCUT2D eigenvalue weighted by atomic mass is 16.5. The van der Waals surface area contributed by atoms with Crippen molar-refractivity contribution in [1.82, 2.24) is 9.80 Å². The summed E-state index contributed by atoms with van der Waals surface area (Å²) < 4.78 is 4.82. The lowest BCUT2D eigenvalue weighted by atomic mass is 9.59. The van der Waals surface area contributed by atoms with Gasteiger partial charge in [-0.3, -0.25) is 4.79 Å². The zero-order chi connectivity index (χ0) is 19.2. The Hall–Kier alpha value is -2.04. The van der Waals surface area contributed by atoms with E-state index in [0.29, 0.717) is 11.3 Å². The van der Waals surface area contributed by atoms with Crippen LogP contribution < -0.4 is 0 Å². The molecule has 0 N–H and O–H groups in total. The first-order valence-corrected chi connectivity index (χ1v) is 10.0. The summed E-state index contributed by atoms with van der Waals surface area (Å²) in [7, 11) is 3.16. The molecule has 1 heterocycles. The zero-order valence-electron chi connectivity index (χ0n) is 16.6. The van der Waals surface area contributed by atoms with Crippen molar-refractivity contribution in [3.05, 3.63) is 35.9 Å². The number of carbonyl (C=O) groups is 2. The largest absolute Gasteiger partial charge is 0.453 e. The molecular weight excluding hydrogens is 340 g/mol. The summed E-state index contributed by atoms with van der Waals surface area (Å²) in [6, 6.07) is 10.7. The third-order valence-corrected chi connectivity index (χ3v) is 7.36. The van der Waals surface area contributed by atoms with Crippen LogP contribution >= 0.6 is 0 Å². The minimum atomic E-state index is -0.329. The third kappa shape index (κ3) is 3.11. The van der Waals surface area contributed by atoms with E-state index in [1.54, 1.807) is 11.9 Å². The lowest BCUT2D eigenvalue weighted by molar-refractivity contribution is -0.143. The van der Waals surface area contributed by atoms with Crippen LogP contribution in [0.2, 0.25) is 0 Å². The van der Waals surface area contributed by atoms with Gasteiger partial charge in [0.05, 0.1) is 7.11 Å². The number of ether oxygens (including phenoxy) is 1. The molecule has 1 saturated heterocycles. The van der Waals surface area contributed by atoms with Crippen molar-refractivity contribution in [2.45, 2.75) is 50.5 Å². The van der Waals surface area contributed by atoms with E-state index in [1.807, 2.05) is 6.92 Å². The van der Waals surface area contributed by atoms with Crippen LogP contribution in [0.3, 0.4) is 0 Å². The van der Waals surface area contributed by atoms with E-state index in [2.05, 4.69) is 35.2 Å². The number of hydrogen-bond acceptors (Lipinski definition) is 3. The predicted octanol–water partition coefficient (Wildman–Crippen LogP) is 3.65. The summed E-state index contributed by atoms with van der Waals surface area (Å²) in [6.45, 7) is 3.84. The second kappa shape index (κ2) is 6.54. The van der Waals surface area contributed by atoms with Crippen molar-refractivity contribution in [3.63, 3.8) is 0 Å².